The normalized spacial score (nSPS) is 12.1. The minimum Gasteiger partial charge on any atom is -0.430 e. The molecular formula is C12H18N2O3. The molecule has 1 aromatic rings. The van der Waals surface area contributed by atoms with Crippen LogP contribution in [0.2, 0.25) is 0 Å². The second kappa shape index (κ2) is 6.85. The molecule has 3 N–H and O–H groups in total. The minimum absolute atomic E-state index is 0.0330. The number of hydrogen-bond acceptors (Lipinski definition) is 4. The molecule has 0 aromatic carbocycles. The van der Waals surface area contributed by atoms with Gasteiger partial charge in [0.1, 0.15) is 6.26 Å². The SMILES string of the molecule is CCCCC(CN)NC(=O)c1ccc(=O)oc1. The second-order valence-corrected chi connectivity index (χ2v) is 3.89. The molecule has 1 amide bonds. The molecule has 1 aromatic heterocycles. The van der Waals surface area contributed by atoms with Gasteiger partial charge >= 0.3 is 5.63 Å². The summed E-state index contributed by atoms with van der Waals surface area (Å²) < 4.78 is 4.63. The number of carbonyl (C=O) groups is 1. The Morgan fingerprint density at radius 3 is 2.82 bits per heavy atom. The predicted molar refractivity (Wildman–Crippen MR) is 64.8 cm³/mol. The van der Waals surface area contributed by atoms with Gasteiger partial charge in [-0.15, -0.1) is 0 Å². The van der Waals surface area contributed by atoms with E-state index in [1.807, 2.05) is 0 Å². The van der Waals surface area contributed by atoms with Crippen molar-refractivity contribution in [2.45, 2.75) is 32.2 Å². The highest BCUT2D eigenvalue weighted by atomic mass is 16.4. The number of rotatable bonds is 6. The third-order valence-corrected chi connectivity index (χ3v) is 2.49. The average molecular weight is 238 g/mol. The second-order valence-electron chi connectivity index (χ2n) is 3.89. The molecule has 0 saturated carbocycles. The third-order valence-electron chi connectivity index (χ3n) is 2.49. The zero-order valence-electron chi connectivity index (χ0n) is 9.94. The summed E-state index contributed by atoms with van der Waals surface area (Å²) in [7, 11) is 0. The Labute approximate surface area is 100 Å². The lowest BCUT2D eigenvalue weighted by Crippen LogP contribution is -2.40. The predicted octanol–water partition coefficient (Wildman–Crippen LogP) is 0.887. The summed E-state index contributed by atoms with van der Waals surface area (Å²) in [6.07, 6.45) is 4.10. The van der Waals surface area contributed by atoms with E-state index in [9.17, 15) is 9.59 Å². The summed E-state index contributed by atoms with van der Waals surface area (Å²) in [4.78, 5) is 22.5. The van der Waals surface area contributed by atoms with Gasteiger partial charge in [0.05, 0.1) is 5.56 Å². The number of amides is 1. The third kappa shape index (κ3) is 4.40. The van der Waals surface area contributed by atoms with Crippen LogP contribution in [-0.2, 0) is 0 Å². The number of carbonyl (C=O) groups excluding carboxylic acids is 1. The number of hydrogen-bond donors (Lipinski definition) is 2. The molecular weight excluding hydrogens is 220 g/mol. The lowest BCUT2D eigenvalue weighted by Gasteiger charge is -2.16. The fourth-order valence-corrected chi connectivity index (χ4v) is 1.46. The Bertz CT molecular complexity index is 394. The van der Waals surface area contributed by atoms with Gasteiger partial charge in [0.2, 0.25) is 0 Å². The molecule has 1 heterocycles. The maximum Gasteiger partial charge on any atom is 0.335 e. The van der Waals surface area contributed by atoms with E-state index in [0.29, 0.717) is 12.1 Å². The van der Waals surface area contributed by atoms with E-state index in [2.05, 4.69) is 16.7 Å². The zero-order chi connectivity index (χ0) is 12.7. The van der Waals surface area contributed by atoms with E-state index < -0.39 is 5.63 Å². The van der Waals surface area contributed by atoms with Crippen molar-refractivity contribution in [2.24, 2.45) is 5.73 Å². The molecule has 17 heavy (non-hydrogen) atoms. The highest BCUT2D eigenvalue weighted by Gasteiger charge is 2.12. The van der Waals surface area contributed by atoms with Gasteiger partial charge in [-0.1, -0.05) is 19.8 Å². The van der Waals surface area contributed by atoms with Gasteiger partial charge < -0.3 is 15.5 Å². The molecule has 1 rings (SSSR count). The van der Waals surface area contributed by atoms with E-state index in [1.54, 1.807) is 0 Å². The van der Waals surface area contributed by atoms with Crippen LogP contribution in [0.4, 0.5) is 0 Å². The molecule has 5 heteroatoms. The van der Waals surface area contributed by atoms with Crippen LogP contribution in [0.5, 0.6) is 0 Å². The van der Waals surface area contributed by atoms with E-state index in [0.717, 1.165) is 25.5 Å². The number of nitrogens with one attached hydrogen (secondary N) is 1. The largest absolute Gasteiger partial charge is 0.430 e. The molecule has 0 aliphatic carbocycles. The summed E-state index contributed by atoms with van der Waals surface area (Å²) in [6, 6.07) is 2.63. The topological polar surface area (TPSA) is 85.3 Å². The van der Waals surface area contributed by atoms with Gasteiger partial charge in [0, 0.05) is 18.7 Å². The van der Waals surface area contributed by atoms with Gasteiger partial charge in [0.25, 0.3) is 5.91 Å². The van der Waals surface area contributed by atoms with Crippen LogP contribution in [0.25, 0.3) is 0 Å². The summed E-state index contributed by atoms with van der Waals surface area (Å²) in [5.74, 6) is -0.264. The molecule has 1 atom stereocenters. The van der Waals surface area contributed by atoms with E-state index in [4.69, 9.17) is 5.73 Å². The highest BCUT2D eigenvalue weighted by molar-refractivity contribution is 5.93. The van der Waals surface area contributed by atoms with Crippen LogP contribution in [0.15, 0.2) is 27.6 Å². The monoisotopic (exact) mass is 238 g/mol. The number of unbranched alkanes of at least 4 members (excludes halogenated alkanes) is 1. The summed E-state index contributed by atoms with van der Waals surface area (Å²) in [5, 5.41) is 2.81. The first-order chi connectivity index (χ1) is 8.17. The molecule has 5 nitrogen and oxygen atoms in total. The fourth-order valence-electron chi connectivity index (χ4n) is 1.46. The molecule has 1 unspecified atom stereocenters. The highest BCUT2D eigenvalue weighted by Crippen LogP contribution is 2.02. The van der Waals surface area contributed by atoms with Crippen LogP contribution >= 0.6 is 0 Å². The Kier molecular flexibility index (Phi) is 5.42. The van der Waals surface area contributed by atoms with E-state index in [-0.39, 0.29) is 11.9 Å². The molecule has 0 radical (unpaired) electrons. The first kappa shape index (κ1) is 13.4. The molecule has 0 spiro atoms. The van der Waals surface area contributed by atoms with Crippen LogP contribution in [0, 0.1) is 0 Å². The van der Waals surface area contributed by atoms with Crippen molar-refractivity contribution in [1.29, 1.82) is 0 Å². The Morgan fingerprint density at radius 1 is 1.53 bits per heavy atom. The fraction of sp³-hybridized carbons (Fsp3) is 0.500. The van der Waals surface area contributed by atoms with Crippen LogP contribution in [-0.4, -0.2) is 18.5 Å². The van der Waals surface area contributed by atoms with E-state index >= 15 is 0 Å². The maximum absolute atomic E-state index is 11.8. The molecule has 0 saturated heterocycles. The van der Waals surface area contributed by atoms with Crippen molar-refractivity contribution in [1.82, 2.24) is 5.32 Å². The Morgan fingerprint density at radius 2 is 2.29 bits per heavy atom. The molecule has 0 bridgehead atoms. The minimum atomic E-state index is -0.470. The smallest absolute Gasteiger partial charge is 0.335 e. The summed E-state index contributed by atoms with van der Waals surface area (Å²) in [6.45, 7) is 2.49. The van der Waals surface area contributed by atoms with Crippen molar-refractivity contribution in [2.75, 3.05) is 6.54 Å². The van der Waals surface area contributed by atoms with Crippen molar-refractivity contribution < 1.29 is 9.21 Å². The van der Waals surface area contributed by atoms with Crippen LogP contribution in [0.1, 0.15) is 36.5 Å². The molecule has 0 fully saturated rings. The van der Waals surface area contributed by atoms with Crippen molar-refractivity contribution in [3.8, 4) is 0 Å². The number of nitrogens with two attached hydrogens (primary N) is 1. The summed E-state index contributed by atoms with van der Waals surface area (Å²) >= 11 is 0. The van der Waals surface area contributed by atoms with Gasteiger partial charge in [-0.25, -0.2) is 4.79 Å². The standard InChI is InChI=1S/C12H18N2O3/c1-2-3-4-10(7-13)14-12(16)9-5-6-11(15)17-8-9/h5-6,8,10H,2-4,7,13H2,1H3,(H,14,16). The Hall–Kier alpha value is -1.62. The van der Waals surface area contributed by atoms with Gasteiger partial charge in [-0.2, -0.15) is 0 Å². The lowest BCUT2D eigenvalue weighted by molar-refractivity contribution is 0.0933. The maximum atomic E-state index is 11.8. The van der Waals surface area contributed by atoms with Gasteiger partial charge in [-0.3, -0.25) is 4.79 Å². The first-order valence-corrected chi connectivity index (χ1v) is 5.77. The van der Waals surface area contributed by atoms with Crippen molar-refractivity contribution in [3.05, 3.63) is 34.4 Å². The molecule has 0 aliphatic heterocycles. The first-order valence-electron chi connectivity index (χ1n) is 5.77. The lowest BCUT2D eigenvalue weighted by atomic mass is 10.1. The van der Waals surface area contributed by atoms with Crippen molar-refractivity contribution in [3.63, 3.8) is 0 Å². The van der Waals surface area contributed by atoms with E-state index in [1.165, 1.54) is 12.1 Å². The average Bonchev–Trinajstić information content (AvgIpc) is 2.35. The Balaban J connectivity index is 2.57. The van der Waals surface area contributed by atoms with Crippen LogP contribution < -0.4 is 16.7 Å². The van der Waals surface area contributed by atoms with Gasteiger partial charge in [0.15, 0.2) is 0 Å². The van der Waals surface area contributed by atoms with Crippen molar-refractivity contribution >= 4 is 5.91 Å². The van der Waals surface area contributed by atoms with Gasteiger partial charge in [-0.05, 0) is 12.5 Å². The molecule has 0 aliphatic rings. The quantitative estimate of drug-likeness (QED) is 0.770. The van der Waals surface area contributed by atoms with Crippen LogP contribution in [0.3, 0.4) is 0 Å². The zero-order valence-corrected chi connectivity index (χ0v) is 9.94. The molecule has 94 valence electrons. The summed E-state index contributed by atoms with van der Waals surface area (Å²) in [5.41, 5.74) is 5.44.